The second-order valence-electron chi connectivity index (χ2n) is 5.44. The fraction of sp³-hybridized carbons (Fsp3) is 0.333. The maximum Gasteiger partial charge on any atom is 0.115 e. The van der Waals surface area contributed by atoms with Crippen molar-refractivity contribution in [2.24, 2.45) is 0 Å². The molecule has 2 unspecified atom stereocenters. The summed E-state index contributed by atoms with van der Waals surface area (Å²) >= 11 is 0. The number of aromatic hydroxyl groups is 1. The molecule has 0 saturated heterocycles. The second kappa shape index (κ2) is 9.46. The summed E-state index contributed by atoms with van der Waals surface area (Å²) in [6.07, 6.45) is 1.48. The van der Waals surface area contributed by atoms with E-state index in [9.17, 15) is 10.2 Å². The molecule has 0 amide bonds. The van der Waals surface area contributed by atoms with Gasteiger partial charge in [0.25, 0.3) is 0 Å². The molecule has 0 heterocycles. The first-order chi connectivity index (χ1) is 10.1. The van der Waals surface area contributed by atoms with E-state index in [1.54, 1.807) is 12.1 Å². The summed E-state index contributed by atoms with van der Waals surface area (Å²) in [6.45, 7) is 2.68. The number of hydrogen-bond donors (Lipinski definition) is 3. The van der Waals surface area contributed by atoms with Crippen LogP contribution in [0, 0.1) is 0 Å². The molecule has 3 nitrogen and oxygen atoms in total. The van der Waals surface area contributed by atoms with E-state index in [1.807, 2.05) is 42.5 Å². The predicted octanol–water partition coefficient (Wildman–Crippen LogP) is 3.46. The highest BCUT2D eigenvalue weighted by molar-refractivity contribution is 5.85. The zero-order valence-electron chi connectivity index (χ0n) is 12.8. The summed E-state index contributed by atoms with van der Waals surface area (Å²) in [5, 5.41) is 22.7. The molecule has 0 bridgehead atoms. The Labute approximate surface area is 138 Å². The van der Waals surface area contributed by atoms with Crippen LogP contribution in [-0.4, -0.2) is 22.8 Å². The van der Waals surface area contributed by atoms with E-state index in [0.29, 0.717) is 18.3 Å². The van der Waals surface area contributed by atoms with Gasteiger partial charge in [-0.2, -0.15) is 0 Å². The van der Waals surface area contributed by atoms with Crippen molar-refractivity contribution < 1.29 is 10.2 Å². The Morgan fingerprint density at radius 3 is 2.27 bits per heavy atom. The third kappa shape index (κ3) is 6.06. The number of phenols is 1. The van der Waals surface area contributed by atoms with Gasteiger partial charge in [-0.25, -0.2) is 0 Å². The first kappa shape index (κ1) is 18.5. The quantitative estimate of drug-likeness (QED) is 0.732. The Hall–Kier alpha value is -1.55. The molecule has 0 saturated carbocycles. The molecule has 120 valence electrons. The number of aryl methyl sites for hydroxylation is 1. The lowest BCUT2D eigenvalue weighted by atomic mass is 10.1. The summed E-state index contributed by atoms with van der Waals surface area (Å²) in [4.78, 5) is 0. The Balaban J connectivity index is 0.00000242. The number of phenolic OH excluding ortho intramolecular Hbond substituents is 1. The fourth-order valence-corrected chi connectivity index (χ4v) is 2.25. The van der Waals surface area contributed by atoms with Crippen LogP contribution in [0.1, 0.15) is 30.6 Å². The lowest BCUT2D eigenvalue weighted by Crippen LogP contribution is -2.30. The zero-order valence-corrected chi connectivity index (χ0v) is 13.6. The maximum absolute atomic E-state index is 10.1. The van der Waals surface area contributed by atoms with Crippen molar-refractivity contribution in [3.8, 4) is 5.75 Å². The number of hydrogen-bond acceptors (Lipinski definition) is 3. The van der Waals surface area contributed by atoms with E-state index in [1.165, 1.54) is 5.56 Å². The lowest BCUT2D eigenvalue weighted by molar-refractivity contribution is 0.170. The number of rotatable bonds is 7. The molecule has 4 heteroatoms. The fourth-order valence-electron chi connectivity index (χ4n) is 2.25. The van der Waals surface area contributed by atoms with Crippen molar-refractivity contribution in [3.63, 3.8) is 0 Å². The molecule has 0 spiro atoms. The van der Waals surface area contributed by atoms with Crippen LogP contribution in [0.3, 0.4) is 0 Å². The van der Waals surface area contributed by atoms with Crippen molar-refractivity contribution in [1.82, 2.24) is 5.32 Å². The third-order valence-electron chi connectivity index (χ3n) is 3.65. The number of nitrogens with one attached hydrogen (secondary N) is 1. The second-order valence-corrected chi connectivity index (χ2v) is 5.44. The van der Waals surface area contributed by atoms with Crippen LogP contribution < -0.4 is 5.32 Å². The van der Waals surface area contributed by atoms with Gasteiger partial charge in [0, 0.05) is 12.6 Å². The topological polar surface area (TPSA) is 52.5 Å². The van der Waals surface area contributed by atoms with E-state index in [4.69, 9.17) is 0 Å². The number of halogens is 1. The van der Waals surface area contributed by atoms with E-state index in [2.05, 4.69) is 12.2 Å². The van der Waals surface area contributed by atoms with Crippen molar-refractivity contribution >= 4 is 12.4 Å². The van der Waals surface area contributed by atoms with Crippen LogP contribution in [0.5, 0.6) is 5.75 Å². The normalized spacial score (nSPS) is 13.2. The smallest absolute Gasteiger partial charge is 0.115 e. The summed E-state index contributed by atoms with van der Waals surface area (Å²) < 4.78 is 0. The highest BCUT2D eigenvalue weighted by Gasteiger charge is 2.09. The van der Waals surface area contributed by atoms with Crippen LogP contribution in [0.2, 0.25) is 0 Å². The van der Waals surface area contributed by atoms with Crippen molar-refractivity contribution in [2.45, 2.75) is 31.9 Å². The average Bonchev–Trinajstić information content (AvgIpc) is 2.53. The van der Waals surface area contributed by atoms with Crippen LogP contribution >= 0.6 is 12.4 Å². The minimum atomic E-state index is -0.470. The molecule has 0 aliphatic carbocycles. The van der Waals surface area contributed by atoms with Gasteiger partial charge in [0.2, 0.25) is 0 Å². The zero-order chi connectivity index (χ0) is 15.1. The first-order valence-corrected chi connectivity index (χ1v) is 7.39. The lowest BCUT2D eigenvalue weighted by Gasteiger charge is -2.17. The van der Waals surface area contributed by atoms with Gasteiger partial charge in [-0.15, -0.1) is 12.4 Å². The van der Waals surface area contributed by atoms with Crippen molar-refractivity contribution in [1.29, 1.82) is 0 Å². The SMILES string of the molecule is CC(CCc1ccc(O)cc1)NCC(O)c1ccccc1.Cl. The van der Waals surface area contributed by atoms with Gasteiger partial charge in [0.05, 0.1) is 6.10 Å². The van der Waals surface area contributed by atoms with Gasteiger partial charge in [-0.05, 0) is 43.0 Å². The number of aliphatic hydroxyl groups is 1. The molecule has 0 aromatic heterocycles. The monoisotopic (exact) mass is 321 g/mol. The van der Waals surface area contributed by atoms with E-state index in [-0.39, 0.29) is 12.4 Å². The van der Waals surface area contributed by atoms with Gasteiger partial charge in [-0.3, -0.25) is 0 Å². The van der Waals surface area contributed by atoms with Crippen LogP contribution in [-0.2, 0) is 6.42 Å². The minimum absolute atomic E-state index is 0. The molecular formula is C18H24ClNO2. The van der Waals surface area contributed by atoms with Crippen molar-refractivity contribution in [2.75, 3.05) is 6.54 Å². The first-order valence-electron chi connectivity index (χ1n) is 7.39. The molecular weight excluding hydrogens is 298 g/mol. The molecule has 2 atom stereocenters. The summed E-state index contributed by atoms with van der Waals surface area (Å²) in [7, 11) is 0. The Kier molecular flexibility index (Phi) is 7.96. The minimum Gasteiger partial charge on any atom is -0.508 e. The van der Waals surface area contributed by atoms with Crippen molar-refractivity contribution in [3.05, 3.63) is 65.7 Å². The van der Waals surface area contributed by atoms with Crippen LogP contribution in [0.15, 0.2) is 54.6 Å². The summed E-state index contributed by atoms with van der Waals surface area (Å²) in [5.41, 5.74) is 2.15. The molecule has 0 fully saturated rings. The van der Waals surface area contributed by atoms with E-state index < -0.39 is 6.10 Å². The molecule has 0 aliphatic heterocycles. The Bertz CT molecular complexity index is 531. The predicted molar refractivity (Wildman–Crippen MR) is 92.5 cm³/mol. The molecule has 2 aromatic carbocycles. The third-order valence-corrected chi connectivity index (χ3v) is 3.65. The number of benzene rings is 2. The maximum atomic E-state index is 10.1. The van der Waals surface area contributed by atoms with Gasteiger partial charge >= 0.3 is 0 Å². The molecule has 22 heavy (non-hydrogen) atoms. The van der Waals surface area contributed by atoms with Gasteiger partial charge < -0.3 is 15.5 Å². The Morgan fingerprint density at radius 1 is 1.00 bits per heavy atom. The van der Waals surface area contributed by atoms with Gasteiger partial charge in [0.15, 0.2) is 0 Å². The molecule has 2 aromatic rings. The van der Waals surface area contributed by atoms with Crippen LogP contribution in [0.25, 0.3) is 0 Å². The van der Waals surface area contributed by atoms with E-state index in [0.717, 1.165) is 18.4 Å². The largest absolute Gasteiger partial charge is 0.508 e. The molecule has 0 radical (unpaired) electrons. The number of aliphatic hydroxyl groups excluding tert-OH is 1. The Morgan fingerprint density at radius 2 is 1.64 bits per heavy atom. The summed E-state index contributed by atoms with van der Waals surface area (Å²) in [5.74, 6) is 0.302. The average molecular weight is 322 g/mol. The highest BCUT2D eigenvalue weighted by atomic mass is 35.5. The molecule has 0 aliphatic rings. The van der Waals surface area contributed by atoms with E-state index >= 15 is 0 Å². The standard InChI is InChI=1S/C18H23NO2.ClH/c1-14(7-8-15-9-11-17(20)12-10-15)19-13-18(21)16-5-3-2-4-6-16;/h2-6,9-12,14,18-21H,7-8,13H2,1H3;1H. The van der Waals surface area contributed by atoms with Gasteiger partial charge in [-0.1, -0.05) is 42.5 Å². The highest BCUT2D eigenvalue weighted by Crippen LogP contribution is 2.13. The van der Waals surface area contributed by atoms with Gasteiger partial charge in [0.1, 0.15) is 5.75 Å². The van der Waals surface area contributed by atoms with Crippen LogP contribution in [0.4, 0.5) is 0 Å². The molecule has 3 N–H and O–H groups in total. The molecule has 2 rings (SSSR count). The summed E-state index contributed by atoms with van der Waals surface area (Å²) in [6, 6.07) is 17.3.